The van der Waals surface area contributed by atoms with Gasteiger partial charge in [0.15, 0.2) is 5.58 Å². The largest absolute Gasteiger partial charge is 0.507 e. The Kier molecular flexibility index (Phi) is 4.44. The van der Waals surface area contributed by atoms with Crippen LogP contribution in [-0.2, 0) is 0 Å². The zero-order valence-electron chi connectivity index (χ0n) is 15.2. The first-order valence-corrected chi connectivity index (χ1v) is 8.63. The number of oxazole rings is 1. The molecule has 0 spiro atoms. The van der Waals surface area contributed by atoms with E-state index in [0.717, 1.165) is 0 Å². The number of fused-ring (bicyclic) bond motifs is 1. The summed E-state index contributed by atoms with van der Waals surface area (Å²) >= 11 is 0. The molecule has 0 radical (unpaired) electrons. The Hall–Kier alpha value is -4.20. The predicted octanol–water partition coefficient (Wildman–Crippen LogP) is 4.87. The van der Waals surface area contributed by atoms with Crippen LogP contribution < -0.4 is 0 Å². The van der Waals surface area contributed by atoms with Crippen molar-refractivity contribution in [1.29, 1.82) is 0 Å². The first kappa shape index (κ1) is 18.2. The van der Waals surface area contributed by atoms with Gasteiger partial charge in [0, 0.05) is 23.9 Å². The number of hydrogen-bond acceptors (Lipinski definition) is 7. The minimum Gasteiger partial charge on any atom is -0.507 e. The van der Waals surface area contributed by atoms with Crippen molar-refractivity contribution in [2.75, 3.05) is 0 Å². The molecule has 0 saturated heterocycles. The van der Waals surface area contributed by atoms with Gasteiger partial charge in [0.1, 0.15) is 11.3 Å². The lowest BCUT2D eigenvalue weighted by Gasteiger charge is -2.03. The lowest BCUT2D eigenvalue weighted by molar-refractivity contribution is -0.385. The Balaban J connectivity index is 1.66. The van der Waals surface area contributed by atoms with Crippen LogP contribution in [0.15, 0.2) is 64.0 Å². The van der Waals surface area contributed by atoms with Crippen LogP contribution >= 0.6 is 0 Å². The molecule has 0 atom stereocenters. The Morgan fingerprint density at radius 2 is 1.93 bits per heavy atom. The number of aromatic hydroxyl groups is 2. The molecule has 4 rings (SSSR count). The number of benzene rings is 3. The molecule has 0 aliphatic heterocycles. The highest BCUT2D eigenvalue weighted by molar-refractivity contribution is 5.88. The topological polar surface area (TPSA) is 122 Å². The number of nitro benzene ring substituents is 1. The minimum atomic E-state index is -0.652. The van der Waals surface area contributed by atoms with Gasteiger partial charge in [0.25, 0.3) is 0 Å². The molecule has 8 heteroatoms. The second-order valence-corrected chi connectivity index (χ2v) is 6.43. The lowest BCUT2D eigenvalue weighted by atomic mass is 10.1. The first-order chi connectivity index (χ1) is 13.9. The van der Waals surface area contributed by atoms with E-state index in [4.69, 9.17) is 4.42 Å². The highest BCUT2D eigenvalue weighted by atomic mass is 16.6. The minimum absolute atomic E-state index is 0.0781. The predicted molar refractivity (Wildman–Crippen MR) is 108 cm³/mol. The maximum Gasteiger partial charge on any atom is 0.311 e. The second kappa shape index (κ2) is 7.08. The quantitative estimate of drug-likeness (QED) is 0.292. The molecular weight excluding hydrogens is 374 g/mol. The summed E-state index contributed by atoms with van der Waals surface area (Å²) in [6.45, 7) is 1.69. The Labute approximate surface area is 164 Å². The first-order valence-electron chi connectivity index (χ1n) is 8.63. The van der Waals surface area contributed by atoms with Gasteiger partial charge in [0.2, 0.25) is 11.6 Å². The number of nitro groups is 1. The van der Waals surface area contributed by atoms with Gasteiger partial charge in [-0.15, -0.1) is 0 Å². The van der Waals surface area contributed by atoms with Crippen LogP contribution in [0.2, 0.25) is 0 Å². The summed E-state index contributed by atoms with van der Waals surface area (Å²) in [5.41, 5.74) is 2.53. The van der Waals surface area contributed by atoms with Gasteiger partial charge >= 0.3 is 5.69 Å². The molecule has 0 fully saturated rings. The molecule has 0 unspecified atom stereocenters. The van der Waals surface area contributed by atoms with Gasteiger partial charge in [-0.3, -0.25) is 15.1 Å². The van der Waals surface area contributed by atoms with E-state index in [2.05, 4.69) is 9.98 Å². The summed E-state index contributed by atoms with van der Waals surface area (Å²) in [4.78, 5) is 18.9. The van der Waals surface area contributed by atoms with Gasteiger partial charge in [-0.05, 0) is 42.8 Å². The fraction of sp³-hybridized carbons (Fsp3) is 0.0476. The molecule has 2 N–H and O–H groups in total. The van der Waals surface area contributed by atoms with Crippen LogP contribution in [0.1, 0.15) is 11.1 Å². The van der Waals surface area contributed by atoms with Crippen LogP contribution in [0.3, 0.4) is 0 Å². The highest BCUT2D eigenvalue weighted by Gasteiger charge is 2.17. The van der Waals surface area contributed by atoms with Gasteiger partial charge in [0.05, 0.1) is 16.2 Å². The number of aryl methyl sites for hydroxylation is 1. The molecule has 29 heavy (non-hydrogen) atoms. The van der Waals surface area contributed by atoms with E-state index in [1.54, 1.807) is 31.2 Å². The van der Waals surface area contributed by atoms with Gasteiger partial charge < -0.3 is 14.6 Å². The van der Waals surface area contributed by atoms with E-state index in [-0.39, 0.29) is 22.9 Å². The van der Waals surface area contributed by atoms with E-state index in [1.165, 1.54) is 18.3 Å². The number of para-hydroxylation sites is 2. The number of rotatable bonds is 4. The van der Waals surface area contributed by atoms with E-state index >= 15 is 0 Å². The fourth-order valence-electron chi connectivity index (χ4n) is 2.94. The Morgan fingerprint density at radius 3 is 2.66 bits per heavy atom. The van der Waals surface area contributed by atoms with E-state index < -0.39 is 10.7 Å². The number of hydrogen-bond donors (Lipinski definition) is 2. The number of aliphatic imine (C=N–C) groups is 1. The van der Waals surface area contributed by atoms with Crippen molar-refractivity contribution in [3.05, 3.63) is 75.8 Å². The molecule has 3 aromatic carbocycles. The average Bonchev–Trinajstić information content (AvgIpc) is 3.12. The summed E-state index contributed by atoms with van der Waals surface area (Å²) in [5, 5.41) is 31.5. The van der Waals surface area contributed by atoms with Crippen molar-refractivity contribution in [1.82, 2.24) is 4.98 Å². The van der Waals surface area contributed by atoms with E-state index in [9.17, 15) is 20.3 Å². The Morgan fingerprint density at radius 1 is 1.14 bits per heavy atom. The van der Waals surface area contributed by atoms with Gasteiger partial charge in [-0.1, -0.05) is 12.1 Å². The molecule has 0 aliphatic rings. The van der Waals surface area contributed by atoms with Crippen LogP contribution in [0, 0.1) is 17.0 Å². The third kappa shape index (κ3) is 3.51. The fourth-order valence-corrected chi connectivity index (χ4v) is 2.94. The second-order valence-electron chi connectivity index (χ2n) is 6.43. The summed E-state index contributed by atoms with van der Waals surface area (Å²) in [7, 11) is 0. The molecule has 1 heterocycles. The average molecular weight is 389 g/mol. The summed E-state index contributed by atoms with van der Waals surface area (Å²) in [6, 6.07) is 14.8. The lowest BCUT2D eigenvalue weighted by Crippen LogP contribution is -1.93. The van der Waals surface area contributed by atoms with Crippen molar-refractivity contribution in [2.45, 2.75) is 6.92 Å². The van der Waals surface area contributed by atoms with Crippen molar-refractivity contribution in [2.24, 2.45) is 4.99 Å². The van der Waals surface area contributed by atoms with Crippen molar-refractivity contribution >= 4 is 28.7 Å². The van der Waals surface area contributed by atoms with Crippen molar-refractivity contribution in [3.8, 4) is 23.0 Å². The zero-order chi connectivity index (χ0) is 20.5. The molecule has 8 nitrogen and oxygen atoms in total. The molecule has 0 bridgehead atoms. The molecule has 144 valence electrons. The third-order valence-corrected chi connectivity index (χ3v) is 4.32. The van der Waals surface area contributed by atoms with Crippen LogP contribution in [0.4, 0.5) is 11.4 Å². The Bertz CT molecular complexity index is 1240. The monoisotopic (exact) mass is 389 g/mol. The van der Waals surface area contributed by atoms with Gasteiger partial charge in [-0.2, -0.15) is 0 Å². The number of aromatic nitrogens is 1. The molecular formula is C21H15N3O5. The molecule has 0 amide bonds. The summed E-state index contributed by atoms with van der Waals surface area (Å²) < 4.78 is 5.66. The van der Waals surface area contributed by atoms with Crippen molar-refractivity contribution < 1.29 is 19.6 Å². The standard InChI is InChI=1S/C21H15N3O5/c1-12-8-13(20(26)17(9-12)24(27)28)11-22-14-6-7-15(18(25)10-14)21-23-16-4-2-3-5-19(16)29-21/h2-11,25-26H,1H3. The van der Waals surface area contributed by atoms with E-state index in [1.807, 2.05) is 18.2 Å². The number of phenols is 2. The maximum absolute atomic E-state index is 11.0. The molecule has 0 aliphatic carbocycles. The van der Waals surface area contributed by atoms with Crippen LogP contribution in [-0.4, -0.2) is 26.3 Å². The van der Waals surface area contributed by atoms with Crippen molar-refractivity contribution in [3.63, 3.8) is 0 Å². The van der Waals surface area contributed by atoms with E-state index in [0.29, 0.717) is 27.9 Å². The molecule has 0 saturated carbocycles. The zero-order valence-corrected chi connectivity index (χ0v) is 15.2. The summed E-state index contributed by atoms with van der Waals surface area (Å²) in [5.74, 6) is -0.256. The van der Waals surface area contributed by atoms with Gasteiger partial charge in [-0.25, -0.2) is 4.98 Å². The maximum atomic E-state index is 11.0. The number of phenolic OH excluding ortho intramolecular Hbond substituents is 2. The molecule has 4 aromatic rings. The number of nitrogens with zero attached hydrogens (tertiary/aromatic N) is 3. The van der Waals surface area contributed by atoms with Crippen LogP contribution in [0.5, 0.6) is 11.5 Å². The van der Waals surface area contributed by atoms with Crippen LogP contribution in [0.25, 0.3) is 22.6 Å². The summed E-state index contributed by atoms with van der Waals surface area (Å²) in [6.07, 6.45) is 1.31. The normalized spacial score (nSPS) is 11.3. The SMILES string of the molecule is Cc1cc(C=Nc2ccc(-c3nc4ccccc4o3)c(O)c2)c(O)c([N+](=O)[O-])c1. The smallest absolute Gasteiger partial charge is 0.311 e. The third-order valence-electron chi connectivity index (χ3n) is 4.32. The molecule has 1 aromatic heterocycles. The highest BCUT2D eigenvalue weighted by Crippen LogP contribution is 2.34.